The third-order valence-electron chi connectivity index (χ3n) is 8.07. The second-order valence-electron chi connectivity index (χ2n) is 16.0. The number of rotatable bonds is 13. The zero-order valence-corrected chi connectivity index (χ0v) is 32.8. The number of amides is 3. The summed E-state index contributed by atoms with van der Waals surface area (Å²) in [6.45, 7) is 25.2. The van der Waals surface area contributed by atoms with Gasteiger partial charge in [0, 0.05) is 12.1 Å². The summed E-state index contributed by atoms with van der Waals surface area (Å²) in [5.74, 6) is -2.46. The first-order valence-electron chi connectivity index (χ1n) is 17.5. The molecule has 0 radical (unpaired) electrons. The molecule has 0 fully saturated rings. The van der Waals surface area contributed by atoms with E-state index in [1.807, 2.05) is 45.9 Å². The molecule has 1 heterocycles. The molecular weight excluding hydrogens is 654 g/mol. The molecule has 0 saturated heterocycles. The highest BCUT2D eigenvalue weighted by molar-refractivity contribution is 5.90. The van der Waals surface area contributed by atoms with E-state index in [4.69, 9.17) is 14.2 Å². The van der Waals surface area contributed by atoms with Gasteiger partial charge < -0.3 is 30.2 Å². The Labute approximate surface area is 303 Å². The molecule has 4 atom stereocenters. The van der Waals surface area contributed by atoms with Crippen molar-refractivity contribution in [2.24, 2.45) is 17.8 Å². The van der Waals surface area contributed by atoms with E-state index in [2.05, 4.69) is 20.9 Å². The van der Waals surface area contributed by atoms with E-state index in [0.29, 0.717) is 5.69 Å². The Morgan fingerprint density at radius 3 is 1.75 bits per heavy atom. The van der Waals surface area contributed by atoms with Crippen LogP contribution in [0.3, 0.4) is 0 Å². The lowest BCUT2D eigenvalue weighted by Crippen LogP contribution is -2.55. The topological polar surface area (TPSA) is 167 Å². The van der Waals surface area contributed by atoms with Crippen molar-refractivity contribution in [3.63, 3.8) is 0 Å². The van der Waals surface area contributed by atoms with Crippen molar-refractivity contribution in [2.45, 2.75) is 139 Å². The van der Waals surface area contributed by atoms with Crippen LogP contribution in [0.15, 0.2) is 30.7 Å². The molecule has 0 aliphatic heterocycles. The van der Waals surface area contributed by atoms with Gasteiger partial charge in [-0.2, -0.15) is 0 Å². The highest BCUT2D eigenvalue weighted by atomic mass is 16.6. The molecule has 284 valence electrons. The van der Waals surface area contributed by atoms with E-state index in [1.165, 1.54) is 10.9 Å². The van der Waals surface area contributed by atoms with Crippen LogP contribution in [0.25, 0.3) is 0 Å². The Balaban J connectivity index is 2.17. The molecule has 3 N–H and O–H groups in total. The summed E-state index contributed by atoms with van der Waals surface area (Å²) in [5, 5.41) is 8.06. The van der Waals surface area contributed by atoms with Gasteiger partial charge in [0.2, 0.25) is 5.91 Å². The first-order valence-corrected chi connectivity index (χ1v) is 17.5. The number of carbonyl (C=O) groups is 5. The molecule has 3 unspecified atom stereocenters. The number of alkyl carbamates (subject to hydrolysis) is 2. The predicted octanol–water partition coefficient (Wildman–Crippen LogP) is 6.27. The number of aromatic nitrogens is 2. The molecule has 51 heavy (non-hydrogen) atoms. The smallest absolute Gasteiger partial charge is 0.408 e. The molecule has 13 heteroatoms. The molecule has 0 spiro atoms. The van der Waals surface area contributed by atoms with Gasteiger partial charge in [0.15, 0.2) is 0 Å². The molecule has 2 rings (SSSR count). The lowest BCUT2D eigenvalue weighted by Gasteiger charge is -2.28. The minimum atomic E-state index is -0.956. The summed E-state index contributed by atoms with van der Waals surface area (Å²) in [6.07, 6.45) is 1.70. The second-order valence-corrected chi connectivity index (χ2v) is 16.0. The Bertz CT molecular complexity index is 1530. The second kappa shape index (κ2) is 17.7. The Kier molecular flexibility index (Phi) is 14.8. The van der Waals surface area contributed by atoms with Crippen molar-refractivity contribution in [3.8, 4) is 0 Å². The molecular formula is C38H59N5O8. The van der Waals surface area contributed by atoms with Gasteiger partial charge >= 0.3 is 18.2 Å². The SMILES string of the molecule is Cc1c(COC(=O)C(NC(=O)C(NC(=O)OC(C)(C)C)C(C)C)C(C)C)cccc1C(C)c1cn(C(=O)[C@@H](NC(=O)OC(C)(C)C)C(C)C)cn1. The summed E-state index contributed by atoms with van der Waals surface area (Å²) < 4.78 is 17.8. The van der Waals surface area contributed by atoms with E-state index < -0.39 is 53.4 Å². The lowest BCUT2D eigenvalue weighted by atomic mass is 9.91. The average Bonchev–Trinajstić information content (AvgIpc) is 3.48. The van der Waals surface area contributed by atoms with Crippen LogP contribution in [0.4, 0.5) is 9.59 Å². The van der Waals surface area contributed by atoms with Gasteiger partial charge in [-0.05, 0) is 82.9 Å². The van der Waals surface area contributed by atoms with Crippen molar-refractivity contribution in [1.29, 1.82) is 0 Å². The van der Waals surface area contributed by atoms with Crippen molar-refractivity contribution >= 4 is 30.0 Å². The number of hydrogen-bond acceptors (Lipinski definition) is 9. The van der Waals surface area contributed by atoms with Gasteiger partial charge in [0.05, 0.1) is 5.69 Å². The van der Waals surface area contributed by atoms with Crippen LogP contribution in [-0.2, 0) is 30.4 Å². The molecule has 13 nitrogen and oxygen atoms in total. The minimum Gasteiger partial charge on any atom is -0.459 e. The maximum Gasteiger partial charge on any atom is 0.408 e. The van der Waals surface area contributed by atoms with E-state index >= 15 is 0 Å². The predicted molar refractivity (Wildman–Crippen MR) is 194 cm³/mol. The number of esters is 1. The van der Waals surface area contributed by atoms with Gasteiger partial charge in [0.25, 0.3) is 5.91 Å². The van der Waals surface area contributed by atoms with Crippen LogP contribution in [0.1, 0.15) is 123 Å². The highest BCUT2D eigenvalue weighted by Crippen LogP contribution is 2.28. The Morgan fingerprint density at radius 2 is 1.25 bits per heavy atom. The van der Waals surface area contributed by atoms with Gasteiger partial charge in [-0.25, -0.2) is 19.4 Å². The average molecular weight is 714 g/mol. The fourth-order valence-corrected chi connectivity index (χ4v) is 5.23. The summed E-state index contributed by atoms with van der Waals surface area (Å²) in [5.41, 5.74) is 1.78. The van der Waals surface area contributed by atoms with Gasteiger partial charge in [-0.15, -0.1) is 0 Å². The first kappa shape index (κ1) is 42.7. The van der Waals surface area contributed by atoms with E-state index in [-0.39, 0.29) is 36.2 Å². The number of nitrogens with one attached hydrogen (secondary N) is 3. The molecule has 0 saturated carbocycles. The third-order valence-corrected chi connectivity index (χ3v) is 8.07. The summed E-state index contributed by atoms with van der Waals surface area (Å²) in [6, 6.07) is 2.97. The maximum atomic E-state index is 13.4. The van der Waals surface area contributed by atoms with E-state index in [0.717, 1.165) is 16.7 Å². The van der Waals surface area contributed by atoms with Crippen molar-refractivity contribution < 1.29 is 38.2 Å². The van der Waals surface area contributed by atoms with Crippen molar-refractivity contribution in [3.05, 3.63) is 53.1 Å². The normalized spacial score (nSPS) is 14.4. The molecule has 2 aromatic rings. The quantitative estimate of drug-likeness (QED) is 0.160. The number of nitrogens with zero attached hydrogens (tertiary/aromatic N) is 2. The lowest BCUT2D eigenvalue weighted by molar-refractivity contribution is -0.150. The zero-order valence-electron chi connectivity index (χ0n) is 32.8. The van der Waals surface area contributed by atoms with E-state index in [9.17, 15) is 24.0 Å². The molecule has 1 aromatic heterocycles. The molecule has 0 aliphatic rings. The van der Waals surface area contributed by atoms with Crippen LogP contribution in [0.2, 0.25) is 0 Å². The Morgan fingerprint density at radius 1 is 0.745 bits per heavy atom. The maximum absolute atomic E-state index is 13.4. The largest absolute Gasteiger partial charge is 0.459 e. The van der Waals surface area contributed by atoms with Gasteiger partial charge in [-0.3, -0.25) is 14.2 Å². The summed E-state index contributed by atoms with van der Waals surface area (Å²) in [7, 11) is 0. The van der Waals surface area contributed by atoms with Gasteiger partial charge in [-0.1, -0.05) is 66.7 Å². The third kappa shape index (κ3) is 13.0. The van der Waals surface area contributed by atoms with Gasteiger partial charge in [0.1, 0.15) is 42.3 Å². The van der Waals surface area contributed by atoms with Crippen LogP contribution in [-0.4, -0.2) is 68.8 Å². The van der Waals surface area contributed by atoms with Crippen LogP contribution >= 0.6 is 0 Å². The molecule has 1 aromatic carbocycles. The zero-order chi connectivity index (χ0) is 39.0. The standard InChI is InChI=1S/C38H59N5O8/c1-21(2)29(41-35(47)50-37(9,10)11)32(44)40-31(23(5)6)34(46)49-19-26-16-15-17-27(24(26)7)25(8)28-18-43(20-39-28)33(45)30(22(3)4)42-36(48)51-38(12,13)14/h15-18,20-23,25,29-31H,19H2,1-14H3,(H,40,44)(H,41,47)(H,42,48)/t25?,29?,30-,31?/m0/s1. The van der Waals surface area contributed by atoms with Crippen molar-refractivity contribution in [2.75, 3.05) is 0 Å². The summed E-state index contributed by atoms with van der Waals surface area (Å²) >= 11 is 0. The van der Waals surface area contributed by atoms with Crippen LogP contribution in [0, 0.1) is 24.7 Å². The number of hydrogen-bond donors (Lipinski definition) is 3. The highest BCUT2D eigenvalue weighted by Gasteiger charge is 2.33. The monoisotopic (exact) mass is 713 g/mol. The van der Waals surface area contributed by atoms with Crippen LogP contribution in [0.5, 0.6) is 0 Å². The molecule has 3 amide bonds. The Hall–Kier alpha value is -4.42. The fourth-order valence-electron chi connectivity index (χ4n) is 5.23. The van der Waals surface area contributed by atoms with Crippen molar-refractivity contribution in [1.82, 2.24) is 25.5 Å². The first-order chi connectivity index (χ1) is 23.4. The number of carbonyl (C=O) groups excluding carboxylic acids is 5. The minimum absolute atomic E-state index is 0.0343. The van der Waals surface area contributed by atoms with E-state index in [1.54, 1.807) is 75.4 Å². The molecule has 0 bridgehead atoms. The number of imidazole rings is 1. The van der Waals surface area contributed by atoms with Crippen LogP contribution < -0.4 is 16.0 Å². The number of ether oxygens (including phenoxy) is 3. The number of benzene rings is 1. The summed E-state index contributed by atoms with van der Waals surface area (Å²) in [4.78, 5) is 69.3. The fraction of sp³-hybridized carbons (Fsp3) is 0.632. The molecule has 0 aliphatic carbocycles.